The van der Waals surface area contributed by atoms with Gasteiger partial charge in [-0.25, -0.2) is 0 Å². The number of nitrogens with two attached hydrogens (primary N) is 1. The van der Waals surface area contributed by atoms with Gasteiger partial charge in [0.15, 0.2) is 0 Å². The maximum Gasteiger partial charge on any atom is 0.0868 e. The standard InChI is InChI=1S/C16H21ClN4/c1-3-13-16(17)15(20(2)19-13)10-21-8-4-5-11-6-7-12(18)9-14(11)21/h6-7,9H,3-5,8,10,18H2,1-2H3. The number of rotatable bonds is 3. The molecule has 112 valence electrons. The normalized spacial score (nSPS) is 14.3. The molecular formula is C16H21ClN4. The molecule has 1 aromatic heterocycles. The zero-order valence-electron chi connectivity index (χ0n) is 12.6. The first kappa shape index (κ1) is 14.3. The second-order valence-corrected chi connectivity index (χ2v) is 5.98. The van der Waals surface area contributed by atoms with Gasteiger partial charge >= 0.3 is 0 Å². The van der Waals surface area contributed by atoms with E-state index < -0.39 is 0 Å². The summed E-state index contributed by atoms with van der Waals surface area (Å²) in [5.74, 6) is 0. The van der Waals surface area contributed by atoms with Crippen LogP contribution in [0.2, 0.25) is 5.02 Å². The zero-order chi connectivity index (χ0) is 15.0. The Morgan fingerprint density at radius 2 is 2.19 bits per heavy atom. The van der Waals surface area contributed by atoms with Crippen LogP contribution < -0.4 is 10.6 Å². The van der Waals surface area contributed by atoms with Gasteiger partial charge in [-0.05, 0) is 37.0 Å². The van der Waals surface area contributed by atoms with Crippen molar-refractivity contribution in [3.05, 3.63) is 40.2 Å². The van der Waals surface area contributed by atoms with E-state index in [9.17, 15) is 0 Å². The van der Waals surface area contributed by atoms with Crippen molar-refractivity contribution in [1.82, 2.24) is 9.78 Å². The molecule has 0 atom stereocenters. The largest absolute Gasteiger partial charge is 0.399 e. The molecule has 0 aliphatic carbocycles. The minimum absolute atomic E-state index is 0.777. The Balaban J connectivity index is 1.94. The lowest BCUT2D eigenvalue weighted by Crippen LogP contribution is -2.29. The maximum atomic E-state index is 6.47. The van der Waals surface area contributed by atoms with E-state index in [0.717, 1.165) is 54.4 Å². The molecule has 0 radical (unpaired) electrons. The number of aryl methyl sites for hydroxylation is 3. The van der Waals surface area contributed by atoms with Crippen molar-refractivity contribution < 1.29 is 0 Å². The third-order valence-corrected chi connectivity index (χ3v) is 4.60. The fourth-order valence-electron chi connectivity index (χ4n) is 3.00. The van der Waals surface area contributed by atoms with Gasteiger partial charge in [0.2, 0.25) is 0 Å². The molecule has 2 heterocycles. The average Bonchev–Trinajstić information content (AvgIpc) is 2.75. The molecule has 21 heavy (non-hydrogen) atoms. The van der Waals surface area contributed by atoms with Crippen molar-refractivity contribution in [2.45, 2.75) is 32.7 Å². The molecule has 3 rings (SSSR count). The van der Waals surface area contributed by atoms with Crippen LogP contribution in [0.25, 0.3) is 0 Å². The van der Waals surface area contributed by atoms with E-state index in [0.29, 0.717) is 0 Å². The van der Waals surface area contributed by atoms with Crippen LogP contribution in [0.5, 0.6) is 0 Å². The summed E-state index contributed by atoms with van der Waals surface area (Å²) in [7, 11) is 1.96. The molecule has 1 aliphatic heterocycles. The van der Waals surface area contributed by atoms with Crippen LogP contribution in [-0.2, 0) is 26.4 Å². The Hall–Kier alpha value is -1.68. The van der Waals surface area contributed by atoms with Crippen LogP contribution in [0.1, 0.15) is 30.3 Å². The number of aromatic nitrogens is 2. The van der Waals surface area contributed by atoms with Crippen molar-refractivity contribution in [1.29, 1.82) is 0 Å². The second-order valence-electron chi connectivity index (χ2n) is 5.60. The summed E-state index contributed by atoms with van der Waals surface area (Å²) < 4.78 is 1.90. The monoisotopic (exact) mass is 304 g/mol. The molecule has 0 amide bonds. The number of nitrogen functional groups attached to an aromatic ring is 1. The number of fused-ring (bicyclic) bond motifs is 1. The molecule has 0 bridgehead atoms. The Morgan fingerprint density at radius 1 is 1.38 bits per heavy atom. The third-order valence-electron chi connectivity index (χ3n) is 4.17. The van der Waals surface area contributed by atoms with Crippen LogP contribution in [0.15, 0.2) is 18.2 Å². The van der Waals surface area contributed by atoms with Gasteiger partial charge in [-0.2, -0.15) is 5.10 Å². The Labute approximate surface area is 130 Å². The van der Waals surface area contributed by atoms with E-state index in [1.54, 1.807) is 0 Å². The Morgan fingerprint density at radius 3 is 2.90 bits per heavy atom. The Kier molecular flexibility index (Phi) is 3.81. The summed E-state index contributed by atoms with van der Waals surface area (Å²) in [5.41, 5.74) is 11.4. The molecule has 0 fully saturated rings. The van der Waals surface area contributed by atoms with Gasteiger partial charge in [-0.1, -0.05) is 24.6 Å². The number of benzene rings is 1. The van der Waals surface area contributed by atoms with Crippen molar-refractivity contribution >= 4 is 23.0 Å². The maximum absolute atomic E-state index is 6.47. The predicted molar refractivity (Wildman–Crippen MR) is 87.8 cm³/mol. The Bertz CT molecular complexity index is 663. The highest BCUT2D eigenvalue weighted by Gasteiger charge is 2.21. The molecule has 2 N–H and O–H groups in total. The molecule has 1 aliphatic rings. The molecular weight excluding hydrogens is 284 g/mol. The van der Waals surface area contributed by atoms with Crippen molar-refractivity contribution in [3.8, 4) is 0 Å². The first-order valence-electron chi connectivity index (χ1n) is 7.43. The average molecular weight is 305 g/mol. The van der Waals surface area contributed by atoms with Crippen molar-refractivity contribution in [3.63, 3.8) is 0 Å². The van der Waals surface area contributed by atoms with Gasteiger partial charge in [0.1, 0.15) is 0 Å². The number of anilines is 2. The summed E-state index contributed by atoms with van der Waals surface area (Å²) in [6, 6.07) is 6.19. The summed E-state index contributed by atoms with van der Waals surface area (Å²) >= 11 is 6.47. The predicted octanol–water partition coefficient (Wildman–Crippen LogP) is 3.17. The molecule has 0 unspecified atom stereocenters. The first-order valence-corrected chi connectivity index (χ1v) is 7.81. The minimum Gasteiger partial charge on any atom is -0.399 e. The second kappa shape index (κ2) is 5.60. The topological polar surface area (TPSA) is 47.1 Å². The molecule has 1 aromatic carbocycles. The zero-order valence-corrected chi connectivity index (χ0v) is 13.3. The highest BCUT2D eigenvalue weighted by atomic mass is 35.5. The molecule has 4 nitrogen and oxygen atoms in total. The fourth-order valence-corrected chi connectivity index (χ4v) is 3.36. The van der Waals surface area contributed by atoms with Crippen LogP contribution in [0, 0.1) is 0 Å². The van der Waals surface area contributed by atoms with Crippen LogP contribution >= 0.6 is 11.6 Å². The minimum atomic E-state index is 0.777. The van der Waals surface area contributed by atoms with Crippen LogP contribution in [-0.4, -0.2) is 16.3 Å². The van der Waals surface area contributed by atoms with Gasteiger partial charge in [-0.15, -0.1) is 0 Å². The summed E-state index contributed by atoms with van der Waals surface area (Å²) in [5, 5.41) is 5.30. The van der Waals surface area contributed by atoms with Gasteiger partial charge in [0, 0.05) is 25.0 Å². The van der Waals surface area contributed by atoms with Gasteiger partial charge < -0.3 is 10.6 Å². The number of nitrogens with zero attached hydrogens (tertiary/aromatic N) is 3. The third kappa shape index (κ3) is 2.60. The number of hydrogen-bond donors (Lipinski definition) is 1. The lowest BCUT2D eigenvalue weighted by atomic mass is 10.0. The van der Waals surface area contributed by atoms with Gasteiger partial charge in [-0.3, -0.25) is 4.68 Å². The fraction of sp³-hybridized carbons (Fsp3) is 0.438. The van der Waals surface area contributed by atoms with Crippen molar-refractivity contribution in [2.75, 3.05) is 17.2 Å². The summed E-state index contributed by atoms with van der Waals surface area (Å²) in [6.45, 7) is 3.88. The van der Waals surface area contributed by atoms with Crippen LogP contribution in [0.3, 0.4) is 0 Å². The highest BCUT2D eigenvalue weighted by molar-refractivity contribution is 6.31. The number of halogens is 1. The lowest BCUT2D eigenvalue weighted by molar-refractivity contribution is 0.642. The first-order chi connectivity index (χ1) is 10.1. The van der Waals surface area contributed by atoms with E-state index in [4.69, 9.17) is 17.3 Å². The van der Waals surface area contributed by atoms with Crippen LogP contribution in [0.4, 0.5) is 11.4 Å². The molecule has 5 heteroatoms. The highest BCUT2D eigenvalue weighted by Crippen LogP contribution is 2.32. The quantitative estimate of drug-likeness (QED) is 0.886. The smallest absolute Gasteiger partial charge is 0.0868 e. The molecule has 0 spiro atoms. The van der Waals surface area contributed by atoms with E-state index >= 15 is 0 Å². The summed E-state index contributed by atoms with van der Waals surface area (Å²) in [4.78, 5) is 2.36. The van der Waals surface area contributed by atoms with E-state index in [-0.39, 0.29) is 0 Å². The van der Waals surface area contributed by atoms with E-state index in [1.165, 1.54) is 11.3 Å². The summed E-state index contributed by atoms with van der Waals surface area (Å²) in [6.07, 6.45) is 3.13. The van der Waals surface area contributed by atoms with Gasteiger partial charge in [0.25, 0.3) is 0 Å². The van der Waals surface area contributed by atoms with Gasteiger partial charge in [0.05, 0.1) is 23.0 Å². The lowest BCUT2D eigenvalue weighted by Gasteiger charge is -2.31. The SMILES string of the molecule is CCc1nn(C)c(CN2CCCc3ccc(N)cc32)c1Cl. The number of hydrogen-bond acceptors (Lipinski definition) is 3. The van der Waals surface area contributed by atoms with E-state index in [1.807, 2.05) is 17.8 Å². The molecule has 0 saturated heterocycles. The van der Waals surface area contributed by atoms with Crippen molar-refractivity contribution in [2.24, 2.45) is 7.05 Å². The van der Waals surface area contributed by atoms with E-state index in [2.05, 4.69) is 29.1 Å². The molecule has 2 aromatic rings. The molecule has 0 saturated carbocycles.